The SMILES string of the molecule is CCC1CCN(C(=O)c2csnn2)C(C(=O)O)C1. The fourth-order valence-corrected chi connectivity index (χ4v) is 2.72. The minimum absolute atomic E-state index is 0.237. The van der Waals surface area contributed by atoms with Crippen molar-refractivity contribution in [2.75, 3.05) is 6.54 Å². The molecule has 1 amide bonds. The Balaban J connectivity index is 2.16. The monoisotopic (exact) mass is 269 g/mol. The second-order valence-electron chi connectivity index (χ2n) is 4.44. The van der Waals surface area contributed by atoms with Gasteiger partial charge in [-0.25, -0.2) is 4.79 Å². The molecule has 1 aliphatic rings. The van der Waals surface area contributed by atoms with Crippen LogP contribution < -0.4 is 0 Å². The Hall–Kier alpha value is -1.50. The lowest BCUT2D eigenvalue weighted by Gasteiger charge is -2.36. The molecule has 2 rings (SSSR count). The van der Waals surface area contributed by atoms with Crippen molar-refractivity contribution in [2.45, 2.75) is 32.2 Å². The molecule has 1 fully saturated rings. The van der Waals surface area contributed by atoms with Crippen LogP contribution in [0.25, 0.3) is 0 Å². The summed E-state index contributed by atoms with van der Waals surface area (Å²) in [6.45, 7) is 2.53. The van der Waals surface area contributed by atoms with E-state index < -0.39 is 12.0 Å². The Morgan fingerprint density at radius 3 is 2.94 bits per heavy atom. The van der Waals surface area contributed by atoms with E-state index in [2.05, 4.69) is 9.59 Å². The molecular weight excluding hydrogens is 254 g/mol. The van der Waals surface area contributed by atoms with Crippen LogP contribution in [0.5, 0.6) is 0 Å². The third kappa shape index (κ3) is 2.50. The predicted octanol–water partition coefficient (Wildman–Crippen LogP) is 1.25. The molecule has 7 heteroatoms. The van der Waals surface area contributed by atoms with Crippen LogP contribution in [-0.4, -0.2) is 44.1 Å². The fraction of sp³-hybridized carbons (Fsp3) is 0.636. The van der Waals surface area contributed by atoms with Crippen molar-refractivity contribution < 1.29 is 14.7 Å². The number of carboxylic acid groups (broad SMARTS) is 1. The lowest BCUT2D eigenvalue weighted by molar-refractivity contribution is -0.144. The highest BCUT2D eigenvalue weighted by Gasteiger charge is 2.36. The van der Waals surface area contributed by atoms with Gasteiger partial charge < -0.3 is 10.0 Å². The topological polar surface area (TPSA) is 83.4 Å². The number of carbonyl (C=O) groups excluding carboxylic acids is 1. The third-order valence-corrected chi connectivity index (χ3v) is 3.92. The normalized spacial score (nSPS) is 23.9. The van der Waals surface area contributed by atoms with Crippen molar-refractivity contribution in [3.63, 3.8) is 0 Å². The maximum Gasteiger partial charge on any atom is 0.326 e. The molecule has 6 nitrogen and oxygen atoms in total. The zero-order valence-electron chi connectivity index (χ0n) is 10.1. The quantitative estimate of drug-likeness (QED) is 0.893. The zero-order valence-corrected chi connectivity index (χ0v) is 10.9. The van der Waals surface area contributed by atoms with Gasteiger partial charge in [-0.2, -0.15) is 0 Å². The highest BCUT2D eigenvalue weighted by molar-refractivity contribution is 7.03. The average molecular weight is 269 g/mol. The first-order valence-corrected chi connectivity index (χ1v) is 6.78. The van der Waals surface area contributed by atoms with E-state index >= 15 is 0 Å². The van der Waals surface area contributed by atoms with Crippen molar-refractivity contribution in [3.8, 4) is 0 Å². The van der Waals surface area contributed by atoms with E-state index in [1.54, 1.807) is 5.38 Å². The zero-order chi connectivity index (χ0) is 13.1. The van der Waals surface area contributed by atoms with Gasteiger partial charge in [0.15, 0.2) is 5.69 Å². The van der Waals surface area contributed by atoms with E-state index in [0.717, 1.165) is 24.4 Å². The van der Waals surface area contributed by atoms with Gasteiger partial charge in [0.25, 0.3) is 5.91 Å². The summed E-state index contributed by atoms with van der Waals surface area (Å²) in [5, 5.41) is 14.5. The summed E-state index contributed by atoms with van der Waals surface area (Å²) in [6.07, 6.45) is 2.32. The Morgan fingerprint density at radius 2 is 2.39 bits per heavy atom. The van der Waals surface area contributed by atoms with Gasteiger partial charge in [0.1, 0.15) is 6.04 Å². The Bertz CT molecular complexity index is 435. The van der Waals surface area contributed by atoms with Gasteiger partial charge in [0, 0.05) is 11.9 Å². The van der Waals surface area contributed by atoms with Crippen molar-refractivity contribution in [3.05, 3.63) is 11.1 Å². The van der Waals surface area contributed by atoms with Gasteiger partial charge >= 0.3 is 5.97 Å². The number of aromatic nitrogens is 2. The molecule has 0 bridgehead atoms. The predicted molar refractivity (Wildman–Crippen MR) is 65.4 cm³/mol. The number of amides is 1. The van der Waals surface area contributed by atoms with E-state index in [0.29, 0.717) is 18.9 Å². The van der Waals surface area contributed by atoms with Gasteiger partial charge in [-0.3, -0.25) is 4.79 Å². The minimum Gasteiger partial charge on any atom is -0.480 e. The molecule has 1 aromatic heterocycles. The lowest BCUT2D eigenvalue weighted by Crippen LogP contribution is -2.50. The summed E-state index contributed by atoms with van der Waals surface area (Å²) in [6, 6.07) is -0.738. The number of aliphatic carboxylic acids is 1. The molecule has 0 saturated carbocycles. The molecule has 18 heavy (non-hydrogen) atoms. The molecule has 0 aromatic carbocycles. The first-order valence-electron chi connectivity index (χ1n) is 5.94. The first-order chi connectivity index (χ1) is 8.63. The summed E-state index contributed by atoms with van der Waals surface area (Å²) in [4.78, 5) is 24.8. The molecule has 0 aliphatic carbocycles. The Labute approximate surface area is 109 Å². The summed E-state index contributed by atoms with van der Waals surface area (Å²) < 4.78 is 3.64. The number of likely N-dealkylation sites (tertiary alicyclic amines) is 1. The number of carbonyl (C=O) groups is 2. The van der Waals surface area contributed by atoms with Crippen LogP contribution in [-0.2, 0) is 4.79 Å². The molecular formula is C11H15N3O3S. The summed E-state index contributed by atoms with van der Waals surface area (Å²) in [7, 11) is 0. The summed E-state index contributed by atoms with van der Waals surface area (Å²) in [5.41, 5.74) is 0.237. The Kier molecular flexibility index (Phi) is 3.90. The largest absolute Gasteiger partial charge is 0.480 e. The van der Waals surface area contributed by atoms with E-state index in [-0.39, 0.29) is 11.6 Å². The van der Waals surface area contributed by atoms with Gasteiger partial charge in [-0.15, -0.1) is 5.10 Å². The number of carboxylic acids is 1. The minimum atomic E-state index is -0.940. The van der Waals surface area contributed by atoms with Crippen LogP contribution in [0.15, 0.2) is 5.38 Å². The van der Waals surface area contributed by atoms with Crippen LogP contribution in [0.2, 0.25) is 0 Å². The maximum absolute atomic E-state index is 12.1. The molecule has 2 unspecified atom stereocenters. The molecule has 0 spiro atoms. The fourth-order valence-electron chi connectivity index (χ4n) is 2.29. The molecule has 2 heterocycles. The smallest absolute Gasteiger partial charge is 0.326 e. The Morgan fingerprint density at radius 1 is 1.61 bits per heavy atom. The van der Waals surface area contributed by atoms with Crippen LogP contribution >= 0.6 is 11.5 Å². The second kappa shape index (κ2) is 5.43. The third-order valence-electron chi connectivity index (χ3n) is 3.41. The lowest BCUT2D eigenvalue weighted by atomic mass is 9.88. The van der Waals surface area contributed by atoms with E-state index in [4.69, 9.17) is 0 Å². The molecule has 2 atom stereocenters. The van der Waals surface area contributed by atoms with Gasteiger partial charge in [-0.05, 0) is 30.3 Å². The van der Waals surface area contributed by atoms with Crippen LogP contribution in [0.1, 0.15) is 36.7 Å². The molecule has 1 aliphatic heterocycles. The van der Waals surface area contributed by atoms with Crippen LogP contribution in [0.4, 0.5) is 0 Å². The average Bonchev–Trinajstić information content (AvgIpc) is 2.91. The highest BCUT2D eigenvalue weighted by atomic mass is 32.1. The first kappa shape index (κ1) is 12.9. The van der Waals surface area contributed by atoms with E-state index in [1.807, 2.05) is 6.92 Å². The van der Waals surface area contributed by atoms with Gasteiger partial charge in [0.05, 0.1) is 0 Å². The molecule has 1 saturated heterocycles. The molecule has 0 radical (unpaired) electrons. The van der Waals surface area contributed by atoms with Gasteiger partial charge in [-0.1, -0.05) is 17.8 Å². The molecule has 1 N–H and O–H groups in total. The summed E-state index contributed by atoms with van der Waals surface area (Å²) >= 11 is 1.09. The van der Waals surface area contributed by atoms with Crippen LogP contribution in [0.3, 0.4) is 0 Å². The molecule has 1 aromatic rings. The standard InChI is InChI=1S/C11H15N3O3S/c1-2-7-3-4-14(9(5-7)11(16)17)10(15)8-6-18-13-12-8/h6-7,9H,2-5H2,1H3,(H,16,17). The number of piperidine rings is 1. The number of hydrogen-bond donors (Lipinski definition) is 1. The molecule has 98 valence electrons. The van der Waals surface area contributed by atoms with Gasteiger partial charge in [0.2, 0.25) is 0 Å². The van der Waals surface area contributed by atoms with E-state index in [1.165, 1.54) is 4.90 Å². The number of rotatable bonds is 3. The van der Waals surface area contributed by atoms with Crippen molar-refractivity contribution >= 4 is 23.4 Å². The maximum atomic E-state index is 12.1. The van der Waals surface area contributed by atoms with Crippen LogP contribution in [0, 0.1) is 5.92 Å². The highest BCUT2D eigenvalue weighted by Crippen LogP contribution is 2.26. The summed E-state index contributed by atoms with van der Waals surface area (Å²) in [5.74, 6) is -0.890. The van der Waals surface area contributed by atoms with E-state index in [9.17, 15) is 14.7 Å². The number of nitrogens with zero attached hydrogens (tertiary/aromatic N) is 3. The van der Waals surface area contributed by atoms with Crippen molar-refractivity contribution in [1.82, 2.24) is 14.5 Å². The second-order valence-corrected chi connectivity index (χ2v) is 5.05. The van der Waals surface area contributed by atoms with Crippen molar-refractivity contribution in [1.29, 1.82) is 0 Å². The number of hydrogen-bond acceptors (Lipinski definition) is 5. The van der Waals surface area contributed by atoms with Crippen molar-refractivity contribution in [2.24, 2.45) is 5.92 Å².